The van der Waals surface area contributed by atoms with E-state index in [4.69, 9.17) is 4.74 Å². The fourth-order valence-electron chi connectivity index (χ4n) is 2.90. The van der Waals surface area contributed by atoms with Crippen LogP contribution >= 0.6 is 0 Å². The van der Waals surface area contributed by atoms with Crippen molar-refractivity contribution in [3.05, 3.63) is 0 Å². The summed E-state index contributed by atoms with van der Waals surface area (Å²) in [6, 6.07) is 0.235. The molecule has 1 rings (SSSR count). The number of hydrogen-bond acceptors (Lipinski definition) is 4. The molecular formula is C16H32N2O3. The quantitative estimate of drug-likeness (QED) is 0.681. The minimum atomic E-state index is -0.848. The Balaban J connectivity index is 2.50. The molecule has 1 fully saturated rings. The molecule has 0 spiro atoms. The smallest absolute Gasteiger partial charge is 0.323 e. The van der Waals surface area contributed by atoms with Gasteiger partial charge in [-0.3, -0.25) is 4.79 Å². The highest BCUT2D eigenvalue weighted by Gasteiger charge is 2.35. The molecule has 0 aromatic carbocycles. The Bertz CT molecular complexity index is 319. The van der Waals surface area contributed by atoms with Crippen molar-refractivity contribution in [2.75, 3.05) is 33.4 Å². The molecule has 2 unspecified atom stereocenters. The summed E-state index contributed by atoms with van der Waals surface area (Å²) in [5, 5.41) is 12.7. The van der Waals surface area contributed by atoms with E-state index in [1.807, 2.05) is 0 Å². The van der Waals surface area contributed by atoms with Crippen molar-refractivity contribution >= 4 is 5.97 Å². The number of hydrogen-bond donors (Lipinski definition) is 2. The molecule has 2 N–H and O–H groups in total. The van der Waals surface area contributed by atoms with Crippen LogP contribution in [0, 0.1) is 5.92 Å². The third-order valence-corrected chi connectivity index (χ3v) is 4.58. The molecule has 0 aliphatic carbocycles. The van der Waals surface area contributed by atoms with Crippen molar-refractivity contribution in [3.63, 3.8) is 0 Å². The highest BCUT2D eigenvalue weighted by Crippen LogP contribution is 2.20. The van der Waals surface area contributed by atoms with Gasteiger partial charge in [0, 0.05) is 25.8 Å². The molecule has 1 heterocycles. The van der Waals surface area contributed by atoms with Crippen LogP contribution < -0.4 is 5.32 Å². The number of rotatable bonds is 9. The number of carbonyl (C=O) groups is 1. The number of ether oxygens (including phenoxy) is 1. The topological polar surface area (TPSA) is 61.8 Å². The molecule has 0 aromatic heterocycles. The predicted molar refractivity (Wildman–Crippen MR) is 84.6 cm³/mol. The average Bonchev–Trinajstić information content (AvgIpc) is 2.46. The second kappa shape index (κ2) is 8.71. The standard InChI is InChI=1S/C16H32N2O3/c1-5-8-17-16(3,15(19)20)11-13(2)18(4)12-14-6-9-21-10-7-14/h13-14,17H,5-12H2,1-4H3,(H,19,20). The highest BCUT2D eigenvalue weighted by molar-refractivity contribution is 5.78. The second-order valence-corrected chi connectivity index (χ2v) is 6.61. The molecule has 124 valence electrons. The molecule has 5 heteroatoms. The van der Waals surface area contributed by atoms with Gasteiger partial charge < -0.3 is 20.1 Å². The lowest BCUT2D eigenvalue weighted by atomic mass is 9.91. The van der Waals surface area contributed by atoms with Crippen LogP contribution in [0.3, 0.4) is 0 Å². The Morgan fingerprint density at radius 2 is 2.10 bits per heavy atom. The van der Waals surface area contributed by atoms with Crippen LogP contribution in [0.25, 0.3) is 0 Å². The molecule has 1 aliphatic heterocycles. The molecule has 0 bridgehead atoms. The Morgan fingerprint density at radius 1 is 1.48 bits per heavy atom. The summed E-state index contributed by atoms with van der Waals surface area (Å²) in [7, 11) is 2.10. The summed E-state index contributed by atoms with van der Waals surface area (Å²) in [5.74, 6) is -0.0897. The van der Waals surface area contributed by atoms with E-state index in [1.54, 1.807) is 6.92 Å². The maximum atomic E-state index is 11.6. The van der Waals surface area contributed by atoms with E-state index in [0.29, 0.717) is 12.3 Å². The van der Waals surface area contributed by atoms with Crippen molar-refractivity contribution in [2.45, 2.75) is 58.0 Å². The van der Waals surface area contributed by atoms with Crippen molar-refractivity contribution in [2.24, 2.45) is 5.92 Å². The van der Waals surface area contributed by atoms with Crippen LogP contribution in [-0.2, 0) is 9.53 Å². The van der Waals surface area contributed by atoms with E-state index in [9.17, 15) is 9.90 Å². The molecule has 1 aliphatic rings. The van der Waals surface area contributed by atoms with Gasteiger partial charge in [0.25, 0.3) is 0 Å². The lowest BCUT2D eigenvalue weighted by molar-refractivity contribution is -0.145. The van der Waals surface area contributed by atoms with Gasteiger partial charge in [-0.1, -0.05) is 6.92 Å². The van der Waals surface area contributed by atoms with Gasteiger partial charge in [0.1, 0.15) is 5.54 Å². The second-order valence-electron chi connectivity index (χ2n) is 6.61. The van der Waals surface area contributed by atoms with Crippen LogP contribution in [-0.4, -0.2) is 60.9 Å². The van der Waals surface area contributed by atoms with Crippen LogP contribution in [0.4, 0.5) is 0 Å². The van der Waals surface area contributed by atoms with Gasteiger partial charge in [0.05, 0.1) is 0 Å². The number of aliphatic carboxylic acids is 1. The molecule has 0 radical (unpaired) electrons. The minimum absolute atomic E-state index is 0.235. The highest BCUT2D eigenvalue weighted by atomic mass is 16.5. The van der Waals surface area contributed by atoms with Gasteiger partial charge in [-0.05, 0) is 59.0 Å². The van der Waals surface area contributed by atoms with Crippen molar-refractivity contribution in [3.8, 4) is 0 Å². The first-order valence-electron chi connectivity index (χ1n) is 8.15. The summed E-state index contributed by atoms with van der Waals surface area (Å²) in [5.41, 5.74) is -0.848. The van der Waals surface area contributed by atoms with Crippen LogP contribution in [0.2, 0.25) is 0 Å². The molecule has 0 saturated carbocycles. The largest absolute Gasteiger partial charge is 0.480 e. The van der Waals surface area contributed by atoms with Gasteiger partial charge in [-0.2, -0.15) is 0 Å². The maximum Gasteiger partial charge on any atom is 0.323 e. The third kappa shape index (κ3) is 5.93. The summed E-state index contributed by atoms with van der Waals surface area (Å²) in [6.07, 6.45) is 3.78. The molecule has 21 heavy (non-hydrogen) atoms. The van der Waals surface area contributed by atoms with Gasteiger partial charge in [-0.25, -0.2) is 0 Å². The van der Waals surface area contributed by atoms with E-state index in [-0.39, 0.29) is 6.04 Å². The minimum Gasteiger partial charge on any atom is -0.480 e. The van der Waals surface area contributed by atoms with Crippen molar-refractivity contribution < 1.29 is 14.6 Å². The SMILES string of the molecule is CCCNC(C)(CC(C)N(C)CC1CCOCC1)C(=O)O. The van der Waals surface area contributed by atoms with Gasteiger partial charge in [0.15, 0.2) is 0 Å². The first-order valence-corrected chi connectivity index (χ1v) is 8.15. The lowest BCUT2D eigenvalue weighted by Gasteiger charge is -2.35. The van der Waals surface area contributed by atoms with E-state index < -0.39 is 11.5 Å². The molecule has 1 saturated heterocycles. The van der Waals surface area contributed by atoms with Gasteiger partial charge >= 0.3 is 5.97 Å². The molecule has 5 nitrogen and oxygen atoms in total. The Hall–Kier alpha value is -0.650. The zero-order valence-electron chi connectivity index (χ0n) is 14.0. The van der Waals surface area contributed by atoms with Crippen LogP contribution in [0.15, 0.2) is 0 Å². The lowest BCUT2D eigenvalue weighted by Crippen LogP contribution is -2.53. The first-order chi connectivity index (χ1) is 9.89. The van der Waals surface area contributed by atoms with Crippen molar-refractivity contribution in [1.82, 2.24) is 10.2 Å². The van der Waals surface area contributed by atoms with E-state index >= 15 is 0 Å². The number of nitrogens with one attached hydrogen (secondary N) is 1. The molecule has 0 aromatic rings. The maximum absolute atomic E-state index is 11.6. The molecular weight excluding hydrogens is 268 g/mol. The summed E-state index contributed by atoms with van der Waals surface area (Å²) < 4.78 is 5.39. The van der Waals surface area contributed by atoms with Crippen LogP contribution in [0.1, 0.15) is 46.5 Å². The average molecular weight is 300 g/mol. The Kier molecular flexibility index (Phi) is 7.63. The predicted octanol–water partition coefficient (Wildman–Crippen LogP) is 1.97. The number of carboxylic acid groups (broad SMARTS) is 1. The Labute approximate surface area is 129 Å². The van der Waals surface area contributed by atoms with Crippen LogP contribution in [0.5, 0.6) is 0 Å². The van der Waals surface area contributed by atoms with Gasteiger partial charge in [-0.15, -0.1) is 0 Å². The van der Waals surface area contributed by atoms with E-state index in [2.05, 4.69) is 31.1 Å². The van der Waals surface area contributed by atoms with Gasteiger partial charge in [0.2, 0.25) is 0 Å². The zero-order chi connectivity index (χ0) is 15.9. The first kappa shape index (κ1) is 18.4. The monoisotopic (exact) mass is 300 g/mol. The molecule has 0 amide bonds. The number of nitrogens with zero attached hydrogens (tertiary/aromatic N) is 1. The summed E-state index contributed by atoms with van der Waals surface area (Å²) in [6.45, 7) is 9.44. The molecule has 2 atom stereocenters. The summed E-state index contributed by atoms with van der Waals surface area (Å²) in [4.78, 5) is 13.9. The summed E-state index contributed by atoms with van der Waals surface area (Å²) >= 11 is 0. The fourth-order valence-corrected chi connectivity index (χ4v) is 2.90. The van der Waals surface area contributed by atoms with E-state index in [1.165, 1.54) is 0 Å². The number of carboxylic acids is 1. The normalized spacial score (nSPS) is 21.2. The third-order valence-electron chi connectivity index (χ3n) is 4.58. The van der Waals surface area contributed by atoms with E-state index in [0.717, 1.165) is 45.6 Å². The van der Waals surface area contributed by atoms with Crippen molar-refractivity contribution in [1.29, 1.82) is 0 Å². The fraction of sp³-hybridized carbons (Fsp3) is 0.938. The zero-order valence-corrected chi connectivity index (χ0v) is 14.0. The Morgan fingerprint density at radius 3 is 2.62 bits per heavy atom.